The number of halogens is 3. The largest absolute Gasteiger partial charge is 0.433 e. The highest BCUT2D eigenvalue weighted by atomic mass is 19.4. The van der Waals surface area contributed by atoms with Crippen LogP contribution in [0.1, 0.15) is 30.5 Å². The number of aromatic nitrogens is 1. The second kappa shape index (κ2) is 5.08. The lowest BCUT2D eigenvalue weighted by atomic mass is 9.85. The van der Waals surface area contributed by atoms with Gasteiger partial charge in [-0.2, -0.15) is 18.4 Å². The molecule has 0 unspecified atom stereocenters. The van der Waals surface area contributed by atoms with E-state index in [1.54, 1.807) is 11.9 Å². The van der Waals surface area contributed by atoms with Crippen molar-refractivity contribution in [1.82, 2.24) is 4.98 Å². The van der Waals surface area contributed by atoms with Crippen molar-refractivity contribution in [2.24, 2.45) is 5.92 Å². The molecule has 1 aromatic rings. The van der Waals surface area contributed by atoms with Crippen LogP contribution in [0.4, 0.5) is 19.0 Å². The number of hydrogen-bond acceptors (Lipinski definition) is 3. The molecule has 2 rings (SSSR count). The topological polar surface area (TPSA) is 39.9 Å². The van der Waals surface area contributed by atoms with Crippen LogP contribution in [-0.2, 0) is 6.18 Å². The minimum absolute atomic E-state index is 0.115. The van der Waals surface area contributed by atoms with Crippen molar-refractivity contribution in [3.8, 4) is 6.07 Å². The summed E-state index contributed by atoms with van der Waals surface area (Å²) >= 11 is 0. The molecule has 1 aliphatic carbocycles. The third-order valence-electron chi connectivity index (χ3n) is 3.40. The van der Waals surface area contributed by atoms with E-state index in [0.717, 1.165) is 18.9 Å². The van der Waals surface area contributed by atoms with Gasteiger partial charge in [-0.1, -0.05) is 6.42 Å². The molecular weight excluding hydrogens is 255 g/mol. The summed E-state index contributed by atoms with van der Waals surface area (Å²) in [6, 6.07) is 3.92. The van der Waals surface area contributed by atoms with Gasteiger partial charge in [-0.05, 0) is 30.9 Å². The highest BCUT2D eigenvalue weighted by Crippen LogP contribution is 2.32. The van der Waals surface area contributed by atoms with Gasteiger partial charge < -0.3 is 4.90 Å². The first-order valence-corrected chi connectivity index (χ1v) is 6.11. The molecule has 0 spiro atoms. The van der Waals surface area contributed by atoms with E-state index in [4.69, 9.17) is 5.26 Å². The van der Waals surface area contributed by atoms with E-state index in [-0.39, 0.29) is 11.4 Å². The monoisotopic (exact) mass is 269 g/mol. The van der Waals surface area contributed by atoms with Crippen LogP contribution in [0.3, 0.4) is 0 Å². The molecule has 1 aliphatic rings. The molecule has 1 fully saturated rings. The Morgan fingerprint density at radius 1 is 1.42 bits per heavy atom. The molecule has 0 radical (unpaired) electrons. The molecule has 3 nitrogen and oxygen atoms in total. The molecule has 0 saturated heterocycles. The van der Waals surface area contributed by atoms with Crippen molar-refractivity contribution in [3.63, 3.8) is 0 Å². The summed E-state index contributed by atoms with van der Waals surface area (Å²) in [5.41, 5.74) is -0.781. The maximum Gasteiger partial charge on any atom is 0.433 e. The first kappa shape index (κ1) is 13.7. The Bertz CT molecular complexity index is 501. The summed E-state index contributed by atoms with van der Waals surface area (Å²) in [6.07, 6.45) is -1.14. The van der Waals surface area contributed by atoms with Gasteiger partial charge in [0.2, 0.25) is 0 Å². The zero-order chi connectivity index (χ0) is 14.0. The van der Waals surface area contributed by atoms with Gasteiger partial charge in [-0.25, -0.2) is 4.98 Å². The van der Waals surface area contributed by atoms with Gasteiger partial charge in [-0.3, -0.25) is 0 Å². The van der Waals surface area contributed by atoms with Crippen LogP contribution < -0.4 is 4.90 Å². The lowest BCUT2D eigenvalue weighted by Crippen LogP contribution is -2.30. The SMILES string of the molecule is CN(CC1CCC1)c1nc(C(F)(F)F)ccc1C#N. The predicted molar refractivity (Wildman–Crippen MR) is 64.6 cm³/mol. The van der Waals surface area contributed by atoms with E-state index in [2.05, 4.69) is 4.98 Å². The number of nitrogens with zero attached hydrogens (tertiary/aromatic N) is 3. The number of anilines is 1. The van der Waals surface area contributed by atoms with Crippen molar-refractivity contribution >= 4 is 5.82 Å². The number of pyridine rings is 1. The Hall–Kier alpha value is -1.77. The first-order valence-electron chi connectivity index (χ1n) is 6.11. The molecule has 0 aromatic carbocycles. The maximum atomic E-state index is 12.6. The Morgan fingerprint density at radius 3 is 2.58 bits per heavy atom. The zero-order valence-corrected chi connectivity index (χ0v) is 10.5. The number of hydrogen-bond donors (Lipinski definition) is 0. The minimum Gasteiger partial charge on any atom is -0.358 e. The van der Waals surface area contributed by atoms with Crippen molar-refractivity contribution in [2.75, 3.05) is 18.5 Å². The average Bonchev–Trinajstić information content (AvgIpc) is 2.31. The molecule has 0 aliphatic heterocycles. The normalized spacial score (nSPS) is 15.7. The van der Waals surface area contributed by atoms with E-state index in [9.17, 15) is 13.2 Å². The smallest absolute Gasteiger partial charge is 0.358 e. The standard InChI is InChI=1S/C13H14F3N3/c1-19(8-9-3-2-4-9)12-10(7-17)5-6-11(18-12)13(14,15)16/h5-6,9H,2-4,8H2,1H3. The molecule has 1 saturated carbocycles. The second-order valence-corrected chi connectivity index (χ2v) is 4.85. The van der Waals surface area contributed by atoms with E-state index < -0.39 is 11.9 Å². The van der Waals surface area contributed by atoms with E-state index >= 15 is 0 Å². The maximum absolute atomic E-state index is 12.6. The van der Waals surface area contributed by atoms with Crippen molar-refractivity contribution in [2.45, 2.75) is 25.4 Å². The quantitative estimate of drug-likeness (QED) is 0.846. The van der Waals surface area contributed by atoms with Crippen LogP contribution in [0.5, 0.6) is 0 Å². The number of rotatable bonds is 3. The number of nitriles is 1. The van der Waals surface area contributed by atoms with Crippen molar-refractivity contribution < 1.29 is 13.2 Å². The molecular formula is C13H14F3N3. The average molecular weight is 269 g/mol. The molecule has 19 heavy (non-hydrogen) atoms. The predicted octanol–water partition coefficient (Wildman–Crippen LogP) is 3.21. The minimum atomic E-state index is -4.49. The summed E-state index contributed by atoms with van der Waals surface area (Å²) < 4.78 is 37.9. The molecule has 1 aromatic heterocycles. The van der Waals surface area contributed by atoms with Gasteiger partial charge in [0.05, 0.1) is 5.56 Å². The summed E-state index contributed by atoms with van der Waals surface area (Å²) in [7, 11) is 1.68. The van der Waals surface area contributed by atoms with Gasteiger partial charge >= 0.3 is 6.18 Å². The molecule has 0 N–H and O–H groups in total. The first-order chi connectivity index (χ1) is 8.91. The highest BCUT2D eigenvalue weighted by molar-refractivity contribution is 5.54. The summed E-state index contributed by atoms with van der Waals surface area (Å²) in [5.74, 6) is 0.608. The van der Waals surface area contributed by atoms with Gasteiger partial charge in [0, 0.05) is 13.6 Å². The third kappa shape index (κ3) is 2.98. The summed E-state index contributed by atoms with van der Waals surface area (Å²) in [5, 5.41) is 8.97. The van der Waals surface area contributed by atoms with E-state index in [1.165, 1.54) is 12.5 Å². The Balaban J connectivity index is 2.27. The molecule has 6 heteroatoms. The Morgan fingerprint density at radius 2 is 2.11 bits per heavy atom. The van der Waals surface area contributed by atoms with Gasteiger partial charge in [0.25, 0.3) is 0 Å². The third-order valence-corrected chi connectivity index (χ3v) is 3.40. The molecule has 0 atom stereocenters. The summed E-state index contributed by atoms with van der Waals surface area (Å²) in [6.45, 7) is 0.642. The molecule has 0 amide bonds. The molecule has 1 heterocycles. The fourth-order valence-electron chi connectivity index (χ4n) is 2.13. The van der Waals surface area contributed by atoms with Gasteiger partial charge in [0.15, 0.2) is 0 Å². The van der Waals surface area contributed by atoms with Crippen molar-refractivity contribution in [1.29, 1.82) is 5.26 Å². The highest BCUT2D eigenvalue weighted by Gasteiger charge is 2.33. The van der Waals surface area contributed by atoms with Gasteiger partial charge in [-0.15, -0.1) is 0 Å². The van der Waals surface area contributed by atoms with Crippen LogP contribution in [-0.4, -0.2) is 18.6 Å². The van der Waals surface area contributed by atoms with Crippen LogP contribution >= 0.6 is 0 Å². The van der Waals surface area contributed by atoms with Gasteiger partial charge in [0.1, 0.15) is 17.6 Å². The van der Waals surface area contributed by atoms with Crippen LogP contribution in [0.2, 0.25) is 0 Å². The van der Waals surface area contributed by atoms with Crippen LogP contribution in [0, 0.1) is 17.2 Å². The lowest BCUT2D eigenvalue weighted by Gasteiger charge is -2.31. The fraction of sp³-hybridized carbons (Fsp3) is 0.538. The number of alkyl halides is 3. The van der Waals surface area contributed by atoms with E-state index in [1.807, 2.05) is 6.07 Å². The summed E-state index contributed by atoms with van der Waals surface area (Å²) in [4.78, 5) is 5.26. The molecule has 102 valence electrons. The van der Waals surface area contributed by atoms with Crippen LogP contribution in [0.15, 0.2) is 12.1 Å². The zero-order valence-electron chi connectivity index (χ0n) is 10.5. The fourth-order valence-corrected chi connectivity index (χ4v) is 2.13. The Labute approximate surface area is 109 Å². The lowest BCUT2D eigenvalue weighted by molar-refractivity contribution is -0.141. The van der Waals surface area contributed by atoms with E-state index in [0.29, 0.717) is 12.5 Å². The Kier molecular flexibility index (Phi) is 3.65. The van der Waals surface area contributed by atoms with Crippen molar-refractivity contribution in [3.05, 3.63) is 23.4 Å². The van der Waals surface area contributed by atoms with Crippen LogP contribution in [0.25, 0.3) is 0 Å². The second-order valence-electron chi connectivity index (χ2n) is 4.85. The molecule has 0 bridgehead atoms.